The summed E-state index contributed by atoms with van der Waals surface area (Å²) in [6.07, 6.45) is 8.33. The van der Waals surface area contributed by atoms with Crippen LogP contribution in [0.2, 0.25) is 0 Å². The van der Waals surface area contributed by atoms with Gasteiger partial charge in [0.2, 0.25) is 0 Å². The Bertz CT molecular complexity index is 848. The molecule has 0 unspecified atom stereocenters. The predicted octanol–water partition coefficient (Wildman–Crippen LogP) is 4.43. The zero-order chi connectivity index (χ0) is 18.5. The van der Waals surface area contributed by atoms with Gasteiger partial charge in [-0.15, -0.1) is 0 Å². The molecule has 0 amide bonds. The quantitative estimate of drug-likeness (QED) is 0.583. The van der Waals surface area contributed by atoms with Crippen molar-refractivity contribution in [1.29, 1.82) is 0 Å². The monoisotopic (exact) mass is 352 g/mol. The van der Waals surface area contributed by atoms with Gasteiger partial charge in [0.1, 0.15) is 11.5 Å². The molecule has 0 spiro atoms. The van der Waals surface area contributed by atoms with Crippen molar-refractivity contribution >= 4 is 17.5 Å². The Kier molecular flexibility index (Phi) is 4.02. The van der Waals surface area contributed by atoms with Crippen LogP contribution in [0.25, 0.3) is 5.57 Å². The Balaban J connectivity index is 1.65. The van der Waals surface area contributed by atoms with E-state index in [0.29, 0.717) is 17.6 Å². The molecule has 4 heteroatoms. The first-order chi connectivity index (χ1) is 12.4. The summed E-state index contributed by atoms with van der Waals surface area (Å²) < 4.78 is 10.8. The zero-order valence-electron chi connectivity index (χ0n) is 15.5. The smallest absolute Gasteiger partial charge is 0.308 e. The highest BCUT2D eigenvalue weighted by molar-refractivity contribution is 5.75. The summed E-state index contributed by atoms with van der Waals surface area (Å²) in [6, 6.07) is 5.97. The van der Waals surface area contributed by atoms with E-state index in [1.807, 2.05) is 12.1 Å². The molecule has 136 valence electrons. The maximum absolute atomic E-state index is 11.5. The van der Waals surface area contributed by atoms with Gasteiger partial charge in [-0.2, -0.15) is 0 Å². The first kappa shape index (κ1) is 17.1. The zero-order valence-corrected chi connectivity index (χ0v) is 15.5. The second-order valence-corrected chi connectivity index (χ2v) is 7.84. The molecule has 0 bridgehead atoms. The first-order valence-electron chi connectivity index (χ1n) is 9.29. The molecule has 1 aromatic rings. The van der Waals surface area contributed by atoms with Crippen molar-refractivity contribution in [2.75, 3.05) is 0 Å². The van der Waals surface area contributed by atoms with E-state index in [2.05, 4.69) is 25.1 Å². The number of carbonyl (C=O) groups excluding carboxylic acids is 2. The SMILES string of the molecule is CC(=O)OC1=CC[C@H]2[C@@H]3CCc4cc(OC(C)=O)ccc4C3=CC[C@]12C. The minimum Gasteiger partial charge on any atom is -0.431 e. The summed E-state index contributed by atoms with van der Waals surface area (Å²) in [6.45, 7) is 5.12. The molecule has 4 nitrogen and oxygen atoms in total. The summed E-state index contributed by atoms with van der Waals surface area (Å²) in [4.78, 5) is 22.7. The van der Waals surface area contributed by atoms with Crippen LogP contribution in [-0.4, -0.2) is 11.9 Å². The molecule has 1 aromatic carbocycles. The van der Waals surface area contributed by atoms with E-state index < -0.39 is 0 Å². The van der Waals surface area contributed by atoms with E-state index in [0.717, 1.165) is 31.4 Å². The van der Waals surface area contributed by atoms with Crippen LogP contribution in [0.4, 0.5) is 0 Å². The van der Waals surface area contributed by atoms with Crippen LogP contribution < -0.4 is 4.74 Å². The second-order valence-electron chi connectivity index (χ2n) is 7.84. The van der Waals surface area contributed by atoms with Crippen LogP contribution in [0.1, 0.15) is 51.2 Å². The summed E-state index contributed by atoms with van der Waals surface area (Å²) in [5.74, 6) is 1.89. The molecular weight excluding hydrogens is 328 g/mol. The highest BCUT2D eigenvalue weighted by atomic mass is 16.5. The predicted molar refractivity (Wildman–Crippen MR) is 98.2 cm³/mol. The Labute approximate surface area is 153 Å². The number of aryl methyl sites for hydroxylation is 1. The number of benzene rings is 1. The van der Waals surface area contributed by atoms with Gasteiger partial charge in [0.25, 0.3) is 0 Å². The van der Waals surface area contributed by atoms with Gasteiger partial charge in [0.05, 0.1) is 0 Å². The molecular formula is C22H24O4. The Hall–Kier alpha value is -2.36. The van der Waals surface area contributed by atoms with E-state index in [1.54, 1.807) is 0 Å². The van der Waals surface area contributed by atoms with Crippen LogP contribution in [0.15, 0.2) is 36.1 Å². The number of allylic oxidation sites excluding steroid dienone is 4. The van der Waals surface area contributed by atoms with Gasteiger partial charge in [0.15, 0.2) is 0 Å². The first-order valence-corrected chi connectivity index (χ1v) is 9.29. The summed E-state index contributed by atoms with van der Waals surface area (Å²) >= 11 is 0. The fraction of sp³-hybridized carbons (Fsp3) is 0.455. The van der Waals surface area contributed by atoms with Gasteiger partial charge in [-0.1, -0.05) is 19.1 Å². The average Bonchev–Trinajstić information content (AvgIpc) is 2.90. The molecule has 26 heavy (non-hydrogen) atoms. The van der Waals surface area contributed by atoms with E-state index >= 15 is 0 Å². The van der Waals surface area contributed by atoms with Crippen LogP contribution in [0.3, 0.4) is 0 Å². The van der Waals surface area contributed by atoms with E-state index in [4.69, 9.17) is 9.47 Å². The molecule has 0 heterocycles. The van der Waals surface area contributed by atoms with Crippen molar-refractivity contribution < 1.29 is 19.1 Å². The molecule has 0 aromatic heterocycles. The summed E-state index contributed by atoms with van der Waals surface area (Å²) in [7, 11) is 0. The van der Waals surface area contributed by atoms with Crippen molar-refractivity contribution in [3.05, 3.63) is 47.2 Å². The largest absolute Gasteiger partial charge is 0.431 e. The van der Waals surface area contributed by atoms with Crippen LogP contribution in [-0.2, 0) is 20.7 Å². The Morgan fingerprint density at radius 1 is 1.12 bits per heavy atom. The normalized spacial score (nSPS) is 28.9. The standard InChI is InChI=1S/C22H24O4/c1-13(23)25-16-5-7-17-15(12-16)4-6-19-18(17)10-11-22(3)20(19)8-9-21(22)26-14(2)24/h5,7,9-10,12,19-20H,4,6,8,11H2,1-3H3/t19-,20+,22+/m1/s1. The minimum absolute atomic E-state index is 0.0883. The third-order valence-electron chi connectivity index (χ3n) is 6.20. The molecule has 3 aliphatic rings. The lowest BCUT2D eigenvalue weighted by atomic mass is 9.60. The van der Waals surface area contributed by atoms with Gasteiger partial charge in [-0.25, -0.2) is 0 Å². The summed E-state index contributed by atoms with van der Waals surface area (Å²) in [5.41, 5.74) is 3.84. The molecule has 4 rings (SSSR count). The molecule has 0 N–H and O–H groups in total. The lowest BCUT2D eigenvalue weighted by molar-refractivity contribution is -0.139. The van der Waals surface area contributed by atoms with E-state index in [-0.39, 0.29) is 17.4 Å². The Morgan fingerprint density at radius 2 is 1.88 bits per heavy atom. The van der Waals surface area contributed by atoms with Crippen molar-refractivity contribution in [3.63, 3.8) is 0 Å². The van der Waals surface area contributed by atoms with Crippen LogP contribution >= 0.6 is 0 Å². The molecule has 3 aliphatic carbocycles. The number of ether oxygens (including phenoxy) is 2. The number of hydrogen-bond acceptors (Lipinski definition) is 4. The third-order valence-corrected chi connectivity index (χ3v) is 6.20. The third kappa shape index (κ3) is 2.68. The summed E-state index contributed by atoms with van der Waals surface area (Å²) in [5, 5.41) is 0. The molecule has 0 radical (unpaired) electrons. The maximum atomic E-state index is 11.5. The van der Waals surface area contributed by atoms with Gasteiger partial charge < -0.3 is 9.47 Å². The second kappa shape index (κ2) is 6.11. The molecule has 0 aliphatic heterocycles. The number of carbonyl (C=O) groups is 2. The molecule has 0 saturated heterocycles. The highest BCUT2D eigenvalue weighted by Crippen LogP contribution is 2.58. The van der Waals surface area contributed by atoms with Crippen molar-refractivity contribution in [2.24, 2.45) is 17.3 Å². The number of rotatable bonds is 2. The number of esters is 2. The fourth-order valence-electron chi connectivity index (χ4n) is 5.04. The van der Waals surface area contributed by atoms with Crippen molar-refractivity contribution in [2.45, 2.75) is 46.5 Å². The maximum Gasteiger partial charge on any atom is 0.308 e. The number of hydrogen-bond donors (Lipinski definition) is 0. The van der Waals surface area contributed by atoms with Crippen LogP contribution in [0.5, 0.6) is 5.75 Å². The van der Waals surface area contributed by atoms with Gasteiger partial charge >= 0.3 is 11.9 Å². The lowest BCUT2D eigenvalue weighted by Crippen LogP contribution is -2.37. The minimum atomic E-state index is -0.290. The molecule has 0 fully saturated rings. The van der Waals surface area contributed by atoms with Crippen molar-refractivity contribution in [1.82, 2.24) is 0 Å². The average molecular weight is 352 g/mol. The van der Waals surface area contributed by atoms with Gasteiger partial charge in [-0.05, 0) is 72.4 Å². The van der Waals surface area contributed by atoms with Crippen LogP contribution in [0, 0.1) is 17.3 Å². The van der Waals surface area contributed by atoms with E-state index in [9.17, 15) is 9.59 Å². The molecule has 3 atom stereocenters. The van der Waals surface area contributed by atoms with E-state index in [1.165, 1.54) is 30.5 Å². The van der Waals surface area contributed by atoms with Gasteiger partial charge in [-0.3, -0.25) is 9.59 Å². The topological polar surface area (TPSA) is 52.6 Å². The van der Waals surface area contributed by atoms with Gasteiger partial charge in [0, 0.05) is 19.3 Å². The fourth-order valence-corrected chi connectivity index (χ4v) is 5.04. The Morgan fingerprint density at radius 3 is 2.62 bits per heavy atom. The highest BCUT2D eigenvalue weighted by Gasteiger charge is 2.50. The number of fused-ring (bicyclic) bond motifs is 5. The molecule has 0 saturated carbocycles. The lowest BCUT2D eigenvalue weighted by Gasteiger charge is -2.45. The van der Waals surface area contributed by atoms with Crippen molar-refractivity contribution in [3.8, 4) is 5.75 Å².